The molecular weight excluding hydrogens is 1100 g/mol. The van der Waals surface area contributed by atoms with Crippen molar-refractivity contribution in [1.29, 1.82) is 0 Å². The average Bonchev–Trinajstić information content (AvgIpc) is 1.35. The summed E-state index contributed by atoms with van der Waals surface area (Å²) in [7, 11) is 4.79. The quantitative estimate of drug-likeness (QED) is 0.0291. The number of nitrogens with zero attached hydrogens (tertiary/aromatic N) is 6. The van der Waals surface area contributed by atoms with Crippen molar-refractivity contribution in [2.24, 2.45) is 5.92 Å². The minimum atomic E-state index is -1.90. The van der Waals surface area contributed by atoms with Crippen LogP contribution in [0.4, 0.5) is 10.2 Å². The van der Waals surface area contributed by atoms with Gasteiger partial charge in [-0.15, -0.1) is 0 Å². The van der Waals surface area contributed by atoms with Gasteiger partial charge in [-0.2, -0.15) is 0 Å². The number of hydrogen-bond acceptors (Lipinski definition) is 13. The Kier molecular flexibility index (Phi) is 22.8. The number of benzene rings is 4. The Morgan fingerprint density at radius 3 is 1.86 bits per heavy atom. The minimum Gasteiger partial charge on any atom is -0.497 e. The second kappa shape index (κ2) is 31.2. The second-order valence-corrected chi connectivity index (χ2v) is 22.5. The normalized spacial score (nSPS) is 19.4. The van der Waals surface area contributed by atoms with Gasteiger partial charge in [0.1, 0.15) is 29.5 Å². The topological polar surface area (TPSA) is 203 Å². The number of alkyl halides is 1. The number of carbonyl (C=O) groups is 2. The fraction of sp³-hybridized carbons (Fsp3) is 0.478. The number of halogens is 1. The number of nitrogens with one attached hydrogen (secondary N) is 2. The third-order valence-corrected chi connectivity index (χ3v) is 16.8. The maximum atomic E-state index is 17.8. The van der Waals surface area contributed by atoms with Gasteiger partial charge < -0.3 is 38.6 Å². The van der Waals surface area contributed by atoms with Gasteiger partial charge in [0, 0.05) is 56.8 Å². The van der Waals surface area contributed by atoms with E-state index in [-0.39, 0.29) is 37.2 Å². The lowest BCUT2D eigenvalue weighted by Crippen LogP contribution is -2.42. The number of unbranched alkanes of at least 4 members (excludes halogenated alkanes) is 14. The lowest BCUT2D eigenvalue weighted by Gasteiger charge is -2.37. The molecule has 5 heterocycles. The van der Waals surface area contributed by atoms with Crippen molar-refractivity contribution in [2.75, 3.05) is 46.3 Å². The number of fused-ring (bicyclic) bond motifs is 1. The van der Waals surface area contributed by atoms with Gasteiger partial charge in [0.2, 0.25) is 5.91 Å². The zero-order valence-electron chi connectivity index (χ0n) is 50.0. The van der Waals surface area contributed by atoms with Crippen LogP contribution in [0.25, 0.3) is 11.2 Å². The van der Waals surface area contributed by atoms with Crippen molar-refractivity contribution in [1.82, 2.24) is 34.0 Å². The summed E-state index contributed by atoms with van der Waals surface area (Å²) in [5.41, 5.74) is 0.629. The first-order valence-electron chi connectivity index (χ1n) is 30.6. The molecule has 0 bridgehead atoms. The van der Waals surface area contributed by atoms with Crippen LogP contribution < -0.4 is 26.0 Å². The summed E-state index contributed by atoms with van der Waals surface area (Å²) in [6.45, 7) is 2.56. The minimum absolute atomic E-state index is 0.161. The largest absolute Gasteiger partial charge is 0.497 e. The van der Waals surface area contributed by atoms with Crippen LogP contribution in [0.5, 0.6) is 11.5 Å². The number of imidazole rings is 1. The molecule has 0 radical (unpaired) electrons. The van der Waals surface area contributed by atoms with Crippen molar-refractivity contribution in [3.8, 4) is 11.5 Å². The highest BCUT2D eigenvalue weighted by molar-refractivity contribution is 6.06. The molecule has 458 valence electrons. The fourth-order valence-electron chi connectivity index (χ4n) is 12.1. The molecule has 18 nitrogen and oxygen atoms in total. The van der Waals surface area contributed by atoms with Gasteiger partial charge in [0.05, 0.1) is 39.4 Å². The first kappa shape index (κ1) is 62.9. The third kappa shape index (κ3) is 15.5. The summed E-state index contributed by atoms with van der Waals surface area (Å²) in [4.78, 5) is 71.8. The molecule has 7 atom stereocenters. The van der Waals surface area contributed by atoms with Crippen LogP contribution in [-0.4, -0.2) is 111 Å². The van der Waals surface area contributed by atoms with Gasteiger partial charge in [0.15, 0.2) is 35.6 Å². The number of aromatic amines is 1. The number of amides is 2. The first-order chi connectivity index (χ1) is 42.0. The van der Waals surface area contributed by atoms with E-state index in [1.807, 2.05) is 84.9 Å². The molecule has 0 spiro atoms. The molecular formula is C67H83FN8O10. The number of methoxy groups -OCH3 is 3. The highest BCUT2D eigenvalue weighted by atomic mass is 19.1. The van der Waals surface area contributed by atoms with E-state index in [2.05, 4.69) is 32.2 Å². The van der Waals surface area contributed by atoms with Crippen molar-refractivity contribution in [2.45, 2.75) is 159 Å². The molecule has 0 aliphatic carbocycles. The Labute approximate surface area is 502 Å². The van der Waals surface area contributed by atoms with Crippen LogP contribution in [0, 0.1) is 5.92 Å². The molecule has 86 heavy (non-hydrogen) atoms. The third-order valence-electron chi connectivity index (χ3n) is 16.8. The van der Waals surface area contributed by atoms with Crippen molar-refractivity contribution in [3.05, 3.63) is 177 Å². The molecule has 4 aromatic carbocycles. The van der Waals surface area contributed by atoms with Gasteiger partial charge in [-0.05, 0) is 59.5 Å². The molecule has 3 aromatic heterocycles. The van der Waals surface area contributed by atoms with Crippen LogP contribution in [0.1, 0.15) is 156 Å². The van der Waals surface area contributed by atoms with Crippen molar-refractivity contribution >= 4 is 28.8 Å². The molecule has 0 unspecified atom stereocenters. The van der Waals surface area contributed by atoms with E-state index in [0.29, 0.717) is 47.6 Å². The Hall–Kier alpha value is -7.58. The van der Waals surface area contributed by atoms with E-state index in [1.54, 1.807) is 61.4 Å². The Balaban J connectivity index is 0.965. The highest BCUT2D eigenvalue weighted by Gasteiger charge is 2.50. The standard InChI is InChI=1S/C67H83FN8O10/c1-5-6-7-8-9-10-11-12-13-14-15-16-17-18-25-39-74(43-53-41-55(83-4)64(85-53)76-46-71-60-61(69-45-70-62(60)76)73-63(79)47-26-21-19-22-27-47)58(78)42-54-56(86-65(59(54)68)75-40-38-57(77)72-66(75)80)44-84-67(48-28-23-20-24-29-48,49-30-34-51(81-2)35-31-49)50-32-36-52(82-3)37-33-50/h19-24,26-38,40,45-46,53-56,59,64-65H,5-18,25,39,41-44H2,1-4H3,(H,72,77,80)(H,69,70,73,79)/t53-,54-,55-,56-,59-,64+,65-/m1/s1. The number of ether oxygens (including phenoxy) is 6. The summed E-state index contributed by atoms with van der Waals surface area (Å²) in [5.74, 6) is -0.313. The van der Waals surface area contributed by atoms with Crippen LogP contribution in [0.2, 0.25) is 0 Å². The summed E-state index contributed by atoms with van der Waals surface area (Å²) in [6, 6.07) is 34.7. The Bertz CT molecular complexity index is 3300. The van der Waals surface area contributed by atoms with E-state index in [4.69, 9.17) is 28.4 Å². The predicted octanol–water partition coefficient (Wildman–Crippen LogP) is 11.9. The van der Waals surface area contributed by atoms with Crippen molar-refractivity contribution in [3.63, 3.8) is 0 Å². The van der Waals surface area contributed by atoms with Gasteiger partial charge in [-0.3, -0.25) is 28.5 Å². The maximum Gasteiger partial charge on any atom is 0.330 e. The van der Waals surface area contributed by atoms with Crippen LogP contribution in [-0.2, 0) is 29.3 Å². The smallest absolute Gasteiger partial charge is 0.330 e. The van der Waals surface area contributed by atoms with E-state index in [0.717, 1.165) is 53.0 Å². The monoisotopic (exact) mass is 1180 g/mol. The Morgan fingerprint density at radius 2 is 1.28 bits per heavy atom. The predicted molar refractivity (Wildman–Crippen MR) is 327 cm³/mol. The van der Waals surface area contributed by atoms with E-state index < -0.39 is 59.7 Å². The summed E-state index contributed by atoms with van der Waals surface area (Å²) in [5, 5.41) is 2.86. The summed E-state index contributed by atoms with van der Waals surface area (Å²) in [6.07, 6.45) is 15.8. The fourth-order valence-corrected chi connectivity index (χ4v) is 12.1. The number of anilines is 1. The molecule has 2 fully saturated rings. The molecule has 2 saturated heterocycles. The van der Waals surface area contributed by atoms with E-state index in [9.17, 15) is 14.4 Å². The molecule has 0 saturated carbocycles. The van der Waals surface area contributed by atoms with Gasteiger partial charge in [-0.1, -0.05) is 170 Å². The first-order valence-corrected chi connectivity index (χ1v) is 30.6. The van der Waals surface area contributed by atoms with Crippen LogP contribution >= 0.6 is 0 Å². The Morgan fingerprint density at radius 1 is 0.698 bits per heavy atom. The lowest BCUT2D eigenvalue weighted by atomic mass is 9.80. The molecule has 2 amide bonds. The molecule has 19 heteroatoms. The van der Waals surface area contributed by atoms with Gasteiger partial charge in [0.25, 0.3) is 11.5 Å². The van der Waals surface area contributed by atoms with Crippen LogP contribution in [0.3, 0.4) is 0 Å². The molecule has 2 N–H and O–H groups in total. The lowest BCUT2D eigenvalue weighted by molar-refractivity contribution is -0.136. The van der Waals surface area contributed by atoms with Gasteiger partial charge in [-0.25, -0.2) is 24.1 Å². The zero-order valence-corrected chi connectivity index (χ0v) is 50.0. The number of rotatable bonds is 33. The average molecular weight is 1180 g/mol. The second-order valence-electron chi connectivity index (χ2n) is 22.5. The SMILES string of the molecule is CCCCCCCCCCCCCCCCCN(C[C@H]1C[C@@H](OC)[C@@H](n2cnc3c(NC(=O)c4ccccc4)ncnc32)O1)C(=O)C[C@H]1[C@@H](F)[C@H](n2ccc(=O)[nH]c2=O)O[C@@H]1COC(c1ccccc1)(c1ccc(OC)cc1)c1ccc(OC)cc1. The summed E-state index contributed by atoms with van der Waals surface area (Å²) < 4.78 is 58.4. The number of H-pyrrole nitrogens is 1. The summed E-state index contributed by atoms with van der Waals surface area (Å²) >= 11 is 0. The van der Waals surface area contributed by atoms with Crippen molar-refractivity contribution < 1.29 is 42.4 Å². The molecule has 2 aliphatic rings. The number of carbonyl (C=O) groups excluding carboxylic acids is 2. The van der Waals surface area contributed by atoms with Gasteiger partial charge >= 0.3 is 5.69 Å². The van der Waals surface area contributed by atoms with Crippen LogP contribution in [0.15, 0.2) is 144 Å². The van der Waals surface area contributed by atoms with E-state index >= 15 is 9.18 Å². The maximum absolute atomic E-state index is 17.8. The van der Waals surface area contributed by atoms with E-state index in [1.165, 1.54) is 76.7 Å². The highest BCUT2D eigenvalue weighted by Crippen LogP contribution is 2.45. The number of hydrogen-bond donors (Lipinski definition) is 2. The zero-order chi connectivity index (χ0) is 60.3. The molecule has 7 aromatic rings. The molecule has 9 rings (SSSR count). The molecule has 2 aliphatic heterocycles. The number of aromatic nitrogens is 6.